The van der Waals surface area contributed by atoms with Crippen molar-refractivity contribution in [1.29, 1.82) is 0 Å². The van der Waals surface area contributed by atoms with Crippen LogP contribution in [0.5, 0.6) is 0 Å². The van der Waals surface area contributed by atoms with Gasteiger partial charge in [-0.3, -0.25) is 0 Å². The minimum absolute atomic E-state index is 0.00857. The van der Waals surface area contributed by atoms with E-state index in [1.807, 2.05) is 13.8 Å². The van der Waals surface area contributed by atoms with E-state index in [9.17, 15) is 13.2 Å². The molecule has 152 valence electrons. The van der Waals surface area contributed by atoms with Crippen molar-refractivity contribution in [3.8, 4) is 0 Å². The lowest BCUT2D eigenvalue weighted by Gasteiger charge is -2.26. The molecule has 1 aromatic carbocycles. The molecule has 3 rings (SSSR count). The van der Waals surface area contributed by atoms with Crippen molar-refractivity contribution in [3.05, 3.63) is 46.8 Å². The lowest BCUT2D eigenvalue weighted by molar-refractivity contribution is 0.0468. The number of aromatic nitrogens is 1. The Bertz CT molecular complexity index is 945. The Morgan fingerprint density at radius 3 is 2.68 bits per heavy atom. The van der Waals surface area contributed by atoms with Gasteiger partial charge in [0, 0.05) is 19.0 Å². The molecule has 1 aliphatic rings. The Kier molecular flexibility index (Phi) is 6.17. The Morgan fingerprint density at radius 2 is 2.00 bits per heavy atom. The van der Waals surface area contributed by atoms with Crippen LogP contribution in [0, 0.1) is 6.92 Å². The van der Waals surface area contributed by atoms with Crippen LogP contribution in [0.4, 0.5) is 0 Å². The molecule has 2 heterocycles. The molecule has 0 atom stereocenters. The van der Waals surface area contributed by atoms with Crippen LogP contribution in [0.2, 0.25) is 0 Å². The van der Waals surface area contributed by atoms with Gasteiger partial charge in [0.2, 0.25) is 10.0 Å². The van der Waals surface area contributed by atoms with Gasteiger partial charge in [0.1, 0.15) is 12.2 Å². The van der Waals surface area contributed by atoms with Gasteiger partial charge in [-0.25, -0.2) is 13.2 Å². The predicted octanol–water partition coefficient (Wildman–Crippen LogP) is 2.48. The van der Waals surface area contributed by atoms with E-state index >= 15 is 0 Å². The topological polar surface area (TPSA) is 98.9 Å². The van der Waals surface area contributed by atoms with Crippen molar-refractivity contribution < 1.29 is 27.2 Å². The number of morpholine rings is 1. The summed E-state index contributed by atoms with van der Waals surface area (Å²) in [4.78, 5) is 12.7. The normalized spacial score (nSPS) is 15.7. The molecule has 0 unspecified atom stereocenters. The first kappa shape index (κ1) is 20.5. The molecule has 1 saturated heterocycles. The predicted molar refractivity (Wildman–Crippen MR) is 100 cm³/mol. The van der Waals surface area contributed by atoms with Crippen LogP contribution in [-0.4, -0.2) is 50.2 Å². The summed E-state index contributed by atoms with van der Waals surface area (Å²) in [7, 11) is -3.60. The second kappa shape index (κ2) is 8.42. The lowest BCUT2D eigenvalue weighted by Crippen LogP contribution is -2.40. The molecule has 1 fully saturated rings. The van der Waals surface area contributed by atoms with Crippen LogP contribution in [0.1, 0.15) is 47.1 Å². The van der Waals surface area contributed by atoms with Crippen molar-refractivity contribution in [3.63, 3.8) is 0 Å². The van der Waals surface area contributed by atoms with E-state index in [0.29, 0.717) is 48.9 Å². The SMILES string of the molecule is Cc1noc(C(C)C)c1C(=O)OCc1cccc(S(=O)(=O)N2CCOCC2)c1. The van der Waals surface area contributed by atoms with Gasteiger partial charge in [0.05, 0.1) is 23.8 Å². The van der Waals surface area contributed by atoms with Crippen molar-refractivity contribution in [2.24, 2.45) is 0 Å². The average molecular weight is 408 g/mol. The first-order chi connectivity index (χ1) is 13.3. The van der Waals surface area contributed by atoms with Crippen LogP contribution >= 0.6 is 0 Å². The quantitative estimate of drug-likeness (QED) is 0.677. The smallest absolute Gasteiger partial charge is 0.344 e. The number of benzene rings is 1. The molecular weight excluding hydrogens is 384 g/mol. The van der Waals surface area contributed by atoms with Crippen molar-refractivity contribution in [2.75, 3.05) is 26.3 Å². The number of carbonyl (C=O) groups excluding carboxylic acids is 1. The third kappa shape index (κ3) is 4.26. The first-order valence-corrected chi connectivity index (χ1v) is 10.5. The average Bonchev–Trinajstić information content (AvgIpc) is 3.09. The van der Waals surface area contributed by atoms with E-state index in [1.165, 1.54) is 16.4 Å². The molecule has 0 spiro atoms. The second-order valence-electron chi connectivity index (χ2n) is 6.90. The van der Waals surface area contributed by atoms with E-state index in [4.69, 9.17) is 14.0 Å². The summed E-state index contributed by atoms with van der Waals surface area (Å²) in [5.74, 6) is -0.0687. The van der Waals surface area contributed by atoms with Crippen molar-refractivity contribution in [2.45, 2.75) is 38.2 Å². The molecule has 8 nitrogen and oxygen atoms in total. The van der Waals surface area contributed by atoms with E-state index in [2.05, 4.69) is 5.16 Å². The third-order valence-corrected chi connectivity index (χ3v) is 6.39. The summed E-state index contributed by atoms with van der Waals surface area (Å²) < 4.78 is 42.8. The van der Waals surface area contributed by atoms with E-state index in [-0.39, 0.29) is 17.4 Å². The number of ether oxygens (including phenoxy) is 2. The molecule has 0 radical (unpaired) electrons. The zero-order valence-corrected chi connectivity index (χ0v) is 17.0. The maximum absolute atomic E-state index is 12.8. The van der Waals surface area contributed by atoms with E-state index < -0.39 is 16.0 Å². The lowest BCUT2D eigenvalue weighted by atomic mass is 10.1. The zero-order chi connectivity index (χ0) is 20.3. The number of sulfonamides is 1. The summed E-state index contributed by atoms with van der Waals surface area (Å²) in [5, 5.41) is 3.84. The molecule has 1 aliphatic heterocycles. The van der Waals surface area contributed by atoms with Crippen LogP contribution in [0.15, 0.2) is 33.7 Å². The monoisotopic (exact) mass is 408 g/mol. The maximum Gasteiger partial charge on any atom is 0.344 e. The summed E-state index contributed by atoms with van der Waals surface area (Å²) in [5.41, 5.74) is 1.38. The summed E-state index contributed by atoms with van der Waals surface area (Å²) in [6.07, 6.45) is 0. The fraction of sp³-hybridized carbons (Fsp3) is 0.474. The Balaban J connectivity index is 1.73. The highest BCUT2D eigenvalue weighted by atomic mass is 32.2. The molecule has 9 heteroatoms. The van der Waals surface area contributed by atoms with Crippen LogP contribution in [0.3, 0.4) is 0 Å². The molecular formula is C19H24N2O6S. The Labute approximate surface area is 164 Å². The molecule has 2 aromatic rings. The van der Waals surface area contributed by atoms with Gasteiger partial charge < -0.3 is 14.0 Å². The minimum Gasteiger partial charge on any atom is -0.457 e. The Morgan fingerprint density at radius 1 is 1.29 bits per heavy atom. The van der Waals surface area contributed by atoms with Crippen molar-refractivity contribution >= 4 is 16.0 Å². The number of rotatable bonds is 6. The van der Waals surface area contributed by atoms with Gasteiger partial charge in [0.15, 0.2) is 5.76 Å². The molecule has 0 bridgehead atoms. The number of carbonyl (C=O) groups is 1. The molecule has 1 aromatic heterocycles. The van der Waals surface area contributed by atoms with E-state index in [1.54, 1.807) is 19.1 Å². The van der Waals surface area contributed by atoms with Crippen molar-refractivity contribution in [1.82, 2.24) is 9.46 Å². The summed E-state index contributed by atoms with van der Waals surface area (Å²) in [6, 6.07) is 6.43. The van der Waals surface area contributed by atoms with Gasteiger partial charge in [-0.1, -0.05) is 31.1 Å². The third-order valence-electron chi connectivity index (χ3n) is 4.49. The van der Waals surface area contributed by atoms with Gasteiger partial charge in [-0.15, -0.1) is 0 Å². The Hall–Kier alpha value is -2.23. The number of nitrogens with zero attached hydrogens (tertiary/aromatic N) is 2. The highest BCUT2D eigenvalue weighted by molar-refractivity contribution is 7.89. The van der Waals surface area contributed by atoms with Gasteiger partial charge >= 0.3 is 5.97 Å². The number of esters is 1. The highest BCUT2D eigenvalue weighted by Gasteiger charge is 2.27. The fourth-order valence-corrected chi connectivity index (χ4v) is 4.46. The standard InChI is InChI=1S/C19H24N2O6S/c1-13(2)18-17(14(3)20-27-18)19(22)26-12-15-5-4-6-16(11-15)28(23,24)21-7-9-25-10-8-21/h4-6,11,13H,7-10,12H2,1-3H3. The highest BCUT2D eigenvalue weighted by Crippen LogP contribution is 2.24. The molecule has 28 heavy (non-hydrogen) atoms. The van der Waals surface area contributed by atoms with Gasteiger partial charge in [-0.2, -0.15) is 4.31 Å². The zero-order valence-electron chi connectivity index (χ0n) is 16.2. The number of hydrogen-bond acceptors (Lipinski definition) is 7. The largest absolute Gasteiger partial charge is 0.457 e. The molecule has 0 N–H and O–H groups in total. The van der Waals surface area contributed by atoms with Crippen LogP contribution in [-0.2, 0) is 26.1 Å². The van der Waals surface area contributed by atoms with Crippen LogP contribution in [0.25, 0.3) is 0 Å². The molecule has 0 aliphatic carbocycles. The number of hydrogen-bond donors (Lipinski definition) is 0. The summed E-state index contributed by atoms with van der Waals surface area (Å²) in [6.45, 7) is 6.85. The number of aryl methyl sites for hydroxylation is 1. The van der Waals surface area contributed by atoms with Crippen LogP contribution < -0.4 is 0 Å². The second-order valence-corrected chi connectivity index (χ2v) is 8.84. The van der Waals surface area contributed by atoms with E-state index in [0.717, 1.165) is 0 Å². The van der Waals surface area contributed by atoms with Gasteiger partial charge in [-0.05, 0) is 24.6 Å². The molecule has 0 saturated carbocycles. The first-order valence-electron chi connectivity index (χ1n) is 9.11. The summed E-state index contributed by atoms with van der Waals surface area (Å²) >= 11 is 0. The fourth-order valence-electron chi connectivity index (χ4n) is 2.98. The maximum atomic E-state index is 12.8. The molecule has 0 amide bonds. The minimum atomic E-state index is -3.60. The van der Waals surface area contributed by atoms with Gasteiger partial charge in [0.25, 0.3) is 0 Å².